The predicted octanol–water partition coefficient (Wildman–Crippen LogP) is 3.86. The zero-order valence-electron chi connectivity index (χ0n) is 10.2. The largest absolute Gasteiger partial charge is 0.303 e. The zero-order chi connectivity index (χ0) is 13.2. The van der Waals surface area contributed by atoms with Crippen molar-refractivity contribution in [3.05, 3.63) is 45.9 Å². The highest BCUT2D eigenvalue weighted by Gasteiger charge is 2.17. The van der Waals surface area contributed by atoms with E-state index in [1.54, 1.807) is 0 Å². The highest BCUT2D eigenvalue weighted by atomic mass is 35.5. The van der Waals surface area contributed by atoms with E-state index in [4.69, 9.17) is 11.6 Å². The summed E-state index contributed by atoms with van der Waals surface area (Å²) in [7, 11) is 0. The number of thiophene rings is 1. The molecule has 0 radical (unpaired) electrons. The Hall–Kier alpha value is -1.52. The number of carbonyl (C=O) groups excluding carboxylic acids is 1. The summed E-state index contributed by atoms with van der Waals surface area (Å²) < 4.78 is 1.03. The fourth-order valence-electron chi connectivity index (χ4n) is 2.14. The van der Waals surface area contributed by atoms with E-state index in [2.05, 4.69) is 16.9 Å². The molecule has 0 bridgehead atoms. The van der Waals surface area contributed by atoms with Gasteiger partial charge in [0.05, 0.1) is 5.02 Å². The molecule has 0 unspecified atom stereocenters. The molecule has 3 rings (SSSR count). The van der Waals surface area contributed by atoms with Crippen LogP contribution in [0.15, 0.2) is 36.0 Å². The topological polar surface area (TPSA) is 41.1 Å². The van der Waals surface area contributed by atoms with E-state index in [-0.39, 0.29) is 5.91 Å². The number of hydrogen-bond donors (Lipinski definition) is 2. The molecule has 0 spiro atoms. The smallest absolute Gasteiger partial charge is 0.281 e. The Balaban J connectivity index is 1.79. The van der Waals surface area contributed by atoms with Crippen molar-refractivity contribution in [3.63, 3.8) is 0 Å². The normalized spacial score (nSPS) is 14.5. The number of benzene rings is 1. The minimum atomic E-state index is -0.181. The molecule has 1 amide bonds. The van der Waals surface area contributed by atoms with E-state index in [0.717, 1.165) is 35.0 Å². The minimum Gasteiger partial charge on any atom is -0.303 e. The molecule has 19 heavy (non-hydrogen) atoms. The van der Waals surface area contributed by atoms with Gasteiger partial charge in [0, 0.05) is 15.8 Å². The van der Waals surface area contributed by atoms with Gasteiger partial charge in [0.25, 0.3) is 5.91 Å². The van der Waals surface area contributed by atoms with Crippen LogP contribution in [0.2, 0.25) is 5.02 Å². The Bertz CT molecular complexity index is 663. The third-order valence-corrected chi connectivity index (χ3v) is 4.79. The van der Waals surface area contributed by atoms with Crippen LogP contribution in [0.1, 0.15) is 28.9 Å². The van der Waals surface area contributed by atoms with Crippen molar-refractivity contribution in [3.8, 4) is 0 Å². The number of carbonyl (C=O) groups is 1. The molecular weight excluding hydrogens is 280 g/mol. The number of halogens is 1. The molecule has 0 saturated heterocycles. The Labute approximate surface area is 120 Å². The summed E-state index contributed by atoms with van der Waals surface area (Å²) in [5.41, 5.74) is 6.75. The number of nitrogens with one attached hydrogen (secondary N) is 2. The average Bonchev–Trinajstić information content (AvgIpc) is 3.05. The van der Waals surface area contributed by atoms with Crippen molar-refractivity contribution in [2.24, 2.45) is 0 Å². The predicted molar refractivity (Wildman–Crippen MR) is 79.4 cm³/mol. The Kier molecular flexibility index (Phi) is 3.44. The molecule has 2 aromatic rings. The third-order valence-electron chi connectivity index (χ3n) is 3.12. The summed E-state index contributed by atoms with van der Waals surface area (Å²) >= 11 is 7.67. The van der Waals surface area contributed by atoms with Gasteiger partial charge >= 0.3 is 0 Å². The lowest BCUT2D eigenvalue weighted by atomic mass is 10.2. The van der Waals surface area contributed by atoms with Gasteiger partial charge in [0.2, 0.25) is 0 Å². The standard InChI is InChI=1S/C14H13ClN2OS/c15-12-10-7-3-4-8-11(10)19-13(12)14(18)17-16-9-5-1-2-6-9/h3-5,7-8,16H,1-2,6H2,(H,17,18). The maximum Gasteiger partial charge on any atom is 0.281 e. The molecule has 1 aromatic carbocycles. The van der Waals surface area contributed by atoms with Gasteiger partial charge in [-0.3, -0.25) is 10.2 Å². The Morgan fingerprint density at radius 1 is 1.32 bits per heavy atom. The lowest BCUT2D eigenvalue weighted by Crippen LogP contribution is -2.36. The van der Waals surface area contributed by atoms with Crippen LogP contribution in [0.25, 0.3) is 10.1 Å². The number of fused-ring (bicyclic) bond motifs is 1. The Morgan fingerprint density at radius 2 is 2.16 bits per heavy atom. The quantitative estimate of drug-likeness (QED) is 0.844. The fourth-order valence-corrected chi connectivity index (χ4v) is 3.55. The number of allylic oxidation sites excluding steroid dienone is 2. The lowest BCUT2D eigenvalue weighted by Gasteiger charge is -2.07. The molecule has 98 valence electrons. The molecule has 1 aliphatic carbocycles. The van der Waals surface area contributed by atoms with Crippen LogP contribution in [0.4, 0.5) is 0 Å². The molecule has 0 saturated carbocycles. The lowest BCUT2D eigenvalue weighted by molar-refractivity contribution is 0.0943. The molecule has 1 aromatic heterocycles. The van der Waals surface area contributed by atoms with Crippen molar-refractivity contribution < 1.29 is 4.79 Å². The SMILES string of the molecule is O=C(NNC1=CCCC1)c1sc2ccccc2c1Cl. The molecule has 0 atom stereocenters. The Morgan fingerprint density at radius 3 is 2.89 bits per heavy atom. The van der Waals surface area contributed by atoms with Gasteiger partial charge in [-0.25, -0.2) is 0 Å². The second kappa shape index (κ2) is 5.23. The van der Waals surface area contributed by atoms with Crippen LogP contribution in [-0.2, 0) is 0 Å². The highest BCUT2D eigenvalue weighted by Crippen LogP contribution is 2.34. The zero-order valence-corrected chi connectivity index (χ0v) is 11.8. The summed E-state index contributed by atoms with van der Waals surface area (Å²) in [5, 5.41) is 1.46. The number of amides is 1. The maximum atomic E-state index is 12.1. The van der Waals surface area contributed by atoms with Crippen molar-refractivity contribution >= 4 is 38.9 Å². The maximum absolute atomic E-state index is 12.1. The summed E-state index contributed by atoms with van der Waals surface area (Å²) in [6, 6.07) is 7.76. The van der Waals surface area contributed by atoms with E-state index in [0.29, 0.717) is 9.90 Å². The second-order valence-electron chi connectivity index (χ2n) is 4.44. The molecule has 2 N–H and O–H groups in total. The van der Waals surface area contributed by atoms with Gasteiger partial charge in [-0.1, -0.05) is 35.9 Å². The highest BCUT2D eigenvalue weighted by molar-refractivity contribution is 7.21. The summed E-state index contributed by atoms with van der Waals surface area (Å²) in [4.78, 5) is 12.7. The van der Waals surface area contributed by atoms with Gasteiger partial charge in [0.15, 0.2) is 0 Å². The monoisotopic (exact) mass is 292 g/mol. The minimum absolute atomic E-state index is 0.181. The first-order chi connectivity index (χ1) is 9.25. The molecule has 0 aliphatic heterocycles. The number of hydrazine groups is 1. The van der Waals surface area contributed by atoms with E-state index >= 15 is 0 Å². The first-order valence-corrected chi connectivity index (χ1v) is 7.37. The molecule has 3 nitrogen and oxygen atoms in total. The van der Waals surface area contributed by atoms with Crippen molar-refractivity contribution in [2.75, 3.05) is 0 Å². The molecule has 1 heterocycles. The van der Waals surface area contributed by atoms with Crippen LogP contribution in [0.3, 0.4) is 0 Å². The van der Waals surface area contributed by atoms with Crippen molar-refractivity contribution in [1.82, 2.24) is 10.9 Å². The number of rotatable bonds is 3. The van der Waals surface area contributed by atoms with Gasteiger partial charge in [0.1, 0.15) is 4.88 Å². The van der Waals surface area contributed by atoms with Crippen LogP contribution in [0, 0.1) is 0 Å². The van der Waals surface area contributed by atoms with Gasteiger partial charge in [-0.2, -0.15) is 0 Å². The van der Waals surface area contributed by atoms with E-state index in [1.165, 1.54) is 11.3 Å². The van der Waals surface area contributed by atoms with Crippen LogP contribution in [0.5, 0.6) is 0 Å². The molecule has 0 fully saturated rings. The third kappa shape index (κ3) is 2.46. The van der Waals surface area contributed by atoms with Crippen LogP contribution in [-0.4, -0.2) is 5.91 Å². The van der Waals surface area contributed by atoms with Crippen LogP contribution < -0.4 is 10.9 Å². The van der Waals surface area contributed by atoms with E-state index < -0.39 is 0 Å². The van der Waals surface area contributed by atoms with E-state index in [1.807, 2.05) is 24.3 Å². The van der Waals surface area contributed by atoms with Crippen molar-refractivity contribution in [1.29, 1.82) is 0 Å². The first-order valence-electron chi connectivity index (χ1n) is 6.18. The van der Waals surface area contributed by atoms with Crippen LogP contribution >= 0.6 is 22.9 Å². The summed E-state index contributed by atoms with van der Waals surface area (Å²) in [5.74, 6) is -0.181. The molecule has 5 heteroatoms. The molecule has 1 aliphatic rings. The fraction of sp³-hybridized carbons (Fsp3) is 0.214. The number of hydrogen-bond acceptors (Lipinski definition) is 3. The molecular formula is C14H13ClN2OS. The van der Waals surface area contributed by atoms with Gasteiger partial charge in [-0.05, 0) is 25.3 Å². The summed E-state index contributed by atoms with van der Waals surface area (Å²) in [6.45, 7) is 0. The van der Waals surface area contributed by atoms with Gasteiger partial charge < -0.3 is 5.43 Å². The van der Waals surface area contributed by atoms with Gasteiger partial charge in [-0.15, -0.1) is 11.3 Å². The van der Waals surface area contributed by atoms with Crippen molar-refractivity contribution in [2.45, 2.75) is 19.3 Å². The second-order valence-corrected chi connectivity index (χ2v) is 5.87. The average molecular weight is 293 g/mol. The van der Waals surface area contributed by atoms with E-state index in [9.17, 15) is 4.79 Å². The first kappa shape index (κ1) is 12.5. The summed E-state index contributed by atoms with van der Waals surface area (Å²) in [6.07, 6.45) is 5.30.